The fraction of sp³-hybridized carbons (Fsp3) is 0.455. The number of nitriles is 1. The van der Waals surface area contributed by atoms with Crippen LogP contribution in [-0.2, 0) is 22.1 Å². The summed E-state index contributed by atoms with van der Waals surface area (Å²) in [4.78, 5) is 46.2. The summed E-state index contributed by atoms with van der Waals surface area (Å²) in [6, 6.07) is 10.5. The molecule has 2 saturated heterocycles. The van der Waals surface area contributed by atoms with Crippen LogP contribution in [0.3, 0.4) is 0 Å². The second kappa shape index (κ2) is 16.5. The monoisotopic (exact) mass is 900 g/mol. The number of aromatic nitrogens is 4. The third-order valence-corrected chi connectivity index (χ3v) is 15.3. The number of rotatable bonds is 10. The predicted molar refractivity (Wildman–Crippen MR) is 231 cm³/mol. The lowest BCUT2D eigenvalue weighted by Crippen LogP contribution is -2.54. The Bertz CT molecular complexity index is 2920. The number of benzene rings is 3. The number of carbonyl (C=O) groups excluding carboxylic acids is 2. The van der Waals surface area contributed by atoms with Crippen LogP contribution < -0.4 is 25.2 Å². The van der Waals surface area contributed by atoms with Crippen LogP contribution in [0.25, 0.3) is 21.8 Å². The van der Waals surface area contributed by atoms with E-state index >= 15 is 13.2 Å². The molecule has 3 atom stereocenters. The van der Waals surface area contributed by atoms with Gasteiger partial charge in [-0.25, -0.2) is 22.9 Å². The van der Waals surface area contributed by atoms with E-state index in [1.807, 2.05) is 6.07 Å². The number of imide groups is 1. The topological polar surface area (TPSA) is 188 Å². The number of nitrogens with one attached hydrogen (secondary N) is 2. The molecule has 2 aliphatic carbocycles. The van der Waals surface area contributed by atoms with E-state index in [4.69, 9.17) is 4.74 Å². The van der Waals surface area contributed by atoms with Gasteiger partial charge in [0, 0.05) is 51.1 Å². The highest BCUT2D eigenvalue weighted by atomic mass is 32.2. The highest BCUT2D eigenvalue weighted by Gasteiger charge is 2.48. The van der Waals surface area contributed by atoms with Gasteiger partial charge in [-0.05, 0) is 117 Å². The van der Waals surface area contributed by atoms with Crippen LogP contribution in [0.1, 0.15) is 81.4 Å². The number of fused-ring (bicyclic) bond motifs is 2. The van der Waals surface area contributed by atoms with Crippen molar-refractivity contribution in [3.63, 3.8) is 0 Å². The molecule has 16 nitrogen and oxygen atoms in total. The Balaban J connectivity index is 0.831. The third kappa shape index (κ3) is 7.72. The van der Waals surface area contributed by atoms with Crippen LogP contribution >= 0.6 is 0 Å². The quantitative estimate of drug-likeness (QED) is 0.160. The van der Waals surface area contributed by atoms with E-state index in [0.717, 1.165) is 42.1 Å². The van der Waals surface area contributed by atoms with Gasteiger partial charge in [0.25, 0.3) is 5.56 Å². The lowest BCUT2D eigenvalue weighted by Gasteiger charge is -2.54. The summed E-state index contributed by atoms with van der Waals surface area (Å²) in [5.41, 5.74) is 0.604. The molecule has 3 amide bonds. The smallest absolute Gasteiger partial charge is 0.329 e. The molecular formula is C44H47F3N10O6S. The summed E-state index contributed by atoms with van der Waals surface area (Å²) in [5, 5.41) is 17.3. The average molecular weight is 901 g/mol. The SMILES string of the molecule is CCN(C)S(=O)(=O)Nc1ccc(F)c(Oc2ccc3ncn(C4CC5(CCN(C6CCC(c7cc8c(cc7F)c(N7CCC(=O)NC7=O)nn8C)C[C@H]6F)CC5)C4)c(=O)c3c2)c1C#N. The highest BCUT2D eigenvalue weighted by Crippen LogP contribution is 2.55. The summed E-state index contributed by atoms with van der Waals surface area (Å²) in [6.07, 6.45) is 5.05. The Morgan fingerprint density at radius 3 is 2.50 bits per heavy atom. The number of piperidine rings is 1. The molecule has 3 aromatic carbocycles. The number of anilines is 2. The van der Waals surface area contributed by atoms with Crippen molar-refractivity contribution in [2.24, 2.45) is 12.5 Å². The second-order valence-corrected chi connectivity index (χ2v) is 19.2. The van der Waals surface area contributed by atoms with Crippen molar-refractivity contribution < 1.29 is 35.9 Å². The fourth-order valence-electron chi connectivity index (χ4n) is 10.0. The van der Waals surface area contributed by atoms with Crippen LogP contribution in [0, 0.1) is 28.4 Å². The molecule has 2 aromatic heterocycles. The summed E-state index contributed by atoms with van der Waals surface area (Å²) >= 11 is 0. The number of likely N-dealkylation sites (tertiary alicyclic amines) is 1. The summed E-state index contributed by atoms with van der Waals surface area (Å²) in [7, 11) is -0.966. The number of hydrogen-bond donors (Lipinski definition) is 2. The van der Waals surface area contributed by atoms with E-state index in [1.165, 1.54) is 36.5 Å². The Labute approximate surface area is 366 Å². The molecule has 5 aromatic rings. The predicted octanol–water partition coefficient (Wildman–Crippen LogP) is 6.37. The molecule has 2 N–H and O–H groups in total. The molecule has 4 heterocycles. The number of alkyl halides is 1. The van der Waals surface area contributed by atoms with E-state index in [1.54, 1.807) is 35.4 Å². The average Bonchev–Trinajstić information content (AvgIpc) is 3.57. The number of hydrogen-bond acceptors (Lipinski definition) is 10. The zero-order valence-corrected chi connectivity index (χ0v) is 36.3. The zero-order chi connectivity index (χ0) is 45.2. The highest BCUT2D eigenvalue weighted by molar-refractivity contribution is 7.90. The Morgan fingerprint density at radius 2 is 1.80 bits per heavy atom. The molecule has 1 spiro atoms. The van der Waals surface area contributed by atoms with Crippen LogP contribution in [0.15, 0.2) is 53.6 Å². The minimum absolute atomic E-state index is 0.00186. The van der Waals surface area contributed by atoms with Crippen LogP contribution in [0.5, 0.6) is 11.5 Å². The molecule has 2 saturated carbocycles. The summed E-state index contributed by atoms with van der Waals surface area (Å²) < 4.78 is 84.7. The van der Waals surface area contributed by atoms with E-state index in [9.17, 15) is 28.1 Å². The van der Waals surface area contributed by atoms with Crippen molar-refractivity contribution in [3.05, 3.63) is 81.9 Å². The normalized spacial score (nSPS) is 21.9. The van der Waals surface area contributed by atoms with Crippen molar-refractivity contribution in [1.29, 1.82) is 5.26 Å². The van der Waals surface area contributed by atoms with Crippen LogP contribution in [0.2, 0.25) is 0 Å². The summed E-state index contributed by atoms with van der Waals surface area (Å²) in [6.45, 7) is 3.35. The van der Waals surface area contributed by atoms with Gasteiger partial charge in [0.2, 0.25) is 5.91 Å². The Morgan fingerprint density at radius 1 is 1.03 bits per heavy atom. The largest absolute Gasteiger partial charge is 0.453 e. The van der Waals surface area contributed by atoms with Crippen LogP contribution in [-0.4, -0.2) is 94.3 Å². The number of nitrogens with zero attached hydrogens (tertiary/aromatic N) is 8. The first kappa shape index (κ1) is 43.2. The lowest BCUT2D eigenvalue weighted by atomic mass is 9.60. The first-order valence-corrected chi connectivity index (χ1v) is 22.8. The minimum Gasteiger partial charge on any atom is -0.453 e. The van der Waals surface area contributed by atoms with Gasteiger partial charge in [0.15, 0.2) is 17.4 Å². The van der Waals surface area contributed by atoms with E-state index in [-0.39, 0.29) is 89.0 Å². The molecule has 0 bridgehead atoms. The molecule has 336 valence electrons. The third-order valence-electron chi connectivity index (χ3n) is 13.8. The number of urea groups is 1. The van der Waals surface area contributed by atoms with E-state index < -0.39 is 39.8 Å². The summed E-state index contributed by atoms with van der Waals surface area (Å²) in [5.74, 6) is -2.25. The van der Waals surface area contributed by atoms with Gasteiger partial charge in [-0.3, -0.25) is 38.7 Å². The number of amides is 3. The van der Waals surface area contributed by atoms with Gasteiger partial charge in [0.05, 0.1) is 28.4 Å². The maximum Gasteiger partial charge on any atom is 0.329 e. The van der Waals surface area contributed by atoms with Crippen molar-refractivity contribution in [2.75, 3.05) is 42.8 Å². The van der Waals surface area contributed by atoms with Crippen LogP contribution in [0.4, 0.5) is 29.5 Å². The molecule has 9 rings (SSSR count). The molecule has 64 heavy (non-hydrogen) atoms. The number of aryl methyl sites for hydroxylation is 1. The second-order valence-electron chi connectivity index (χ2n) is 17.5. The van der Waals surface area contributed by atoms with Gasteiger partial charge in [0.1, 0.15) is 29.4 Å². The molecule has 2 aliphatic heterocycles. The molecule has 4 aliphatic rings. The maximum absolute atomic E-state index is 16.1. The van der Waals surface area contributed by atoms with Gasteiger partial charge in [-0.2, -0.15) is 23.1 Å². The Kier molecular flexibility index (Phi) is 11.1. The minimum atomic E-state index is -4.03. The first-order chi connectivity index (χ1) is 30.6. The van der Waals surface area contributed by atoms with E-state index in [2.05, 4.69) is 25.0 Å². The fourth-order valence-corrected chi connectivity index (χ4v) is 11.0. The van der Waals surface area contributed by atoms with Gasteiger partial charge in [-0.15, -0.1) is 0 Å². The van der Waals surface area contributed by atoms with Gasteiger partial charge < -0.3 is 4.74 Å². The van der Waals surface area contributed by atoms with Crippen molar-refractivity contribution in [2.45, 2.75) is 82.5 Å². The van der Waals surface area contributed by atoms with Crippen molar-refractivity contribution >= 4 is 55.5 Å². The molecule has 20 heteroatoms. The number of halogens is 3. The zero-order valence-electron chi connectivity index (χ0n) is 35.5. The number of carbonyl (C=O) groups is 2. The number of ether oxygens (including phenoxy) is 1. The first-order valence-electron chi connectivity index (χ1n) is 21.4. The van der Waals surface area contributed by atoms with Crippen molar-refractivity contribution in [1.82, 2.24) is 33.9 Å². The molecule has 0 radical (unpaired) electrons. The molecule has 2 unspecified atom stereocenters. The standard InChI is InChI=1S/C44H47F3N10O6S/c1-4-53(2)64(61,62)52-36-9-7-32(45)40(31(36)23-48)63-27-6-8-35-29(18-27)42(59)57(24-49-35)26-21-44(22-26)12-15-55(16-13-44)37-10-5-25(17-34(37)47)28-20-38-30(19-33(28)46)41(51-54(38)3)56-14-11-39(58)50-43(56)60/h6-9,18-20,24-26,34,37,52H,4-5,10-17,21-22H2,1-3H3,(H,50,58,60)/t25?,34-,37?/m1/s1. The Hall–Kier alpha value is -6.04. The lowest BCUT2D eigenvalue weighted by molar-refractivity contribution is -0.120. The van der Waals surface area contributed by atoms with Crippen molar-refractivity contribution in [3.8, 4) is 17.6 Å². The molecule has 4 fully saturated rings. The van der Waals surface area contributed by atoms with Gasteiger partial charge in [-0.1, -0.05) is 6.92 Å². The molecular weight excluding hydrogens is 854 g/mol. The van der Waals surface area contributed by atoms with Gasteiger partial charge >= 0.3 is 16.2 Å². The van der Waals surface area contributed by atoms with E-state index in [0.29, 0.717) is 47.9 Å². The maximum atomic E-state index is 16.1.